The molecule has 3 heteroatoms. The SMILES string of the molecule is CCc1ccccc1-c1ccc(N(c2ccccc2)c2cc3oc4ccc(N(C)c5ccccc5)cc4c3c3ccccc23)cc1C. The van der Waals surface area contributed by atoms with E-state index in [9.17, 15) is 0 Å². The Hall–Kier alpha value is -5.80. The summed E-state index contributed by atoms with van der Waals surface area (Å²) in [5, 5.41) is 4.60. The third kappa shape index (κ3) is 5.01. The van der Waals surface area contributed by atoms with E-state index < -0.39 is 0 Å². The van der Waals surface area contributed by atoms with Crippen LogP contribution >= 0.6 is 0 Å². The van der Waals surface area contributed by atoms with Crippen LogP contribution in [0.3, 0.4) is 0 Å². The Balaban J connectivity index is 1.33. The molecule has 1 heterocycles. The van der Waals surface area contributed by atoms with Crippen molar-refractivity contribution in [2.24, 2.45) is 0 Å². The molecular weight excluding hydrogens is 572 g/mol. The van der Waals surface area contributed by atoms with Crippen molar-refractivity contribution in [3.05, 3.63) is 163 Å². The van der Waals surface area contributed by atoms with E-state index in [0.29, 0.717) is 0 Å². The molecule has 0 fully saturated rings. The number of anilines is 5. The molecule has 1 aromatic heterocycles. The maximum absolute atomic E-state index is 6.64. The first-order valence-electron chi connectivity index (χ1n) is 16.3. The largest absolute Gasteiger partial charge is 0.456 e. The van der Waals surface area contributed by atoms with Crippen LogP contribution in [-0.4, -0.2) is 7.05 Å². The standard InChI is InChI=1S/C44H36N2O/c1-4-31-15-11-12-20-37(31)36-25-23-35(27-30(36)2)46(33-18-9-6-10-19-33)41-29-43-44(39-22-14-13-21-38(39)41)40-28-34(24-26-42(40)47-43)45(3)32-16-7-5-8-17-32/h5-29H,4H2,1-3H3. The molecular formula is C44H36N2O. The maximum atomic E-state index is 6.64. The van der Waals surface area contributed by atoms with Crippen LogP contribution < -0.4 is 9.80 Å². The van der Waals surface area contributed by atoms with Crippen molar-refractivity contribution < 1.29 is 4.42 Å². The summed E-state index contributed by atoms with van der Waals surface area (Å²) in [6.45, 7) is 4.44. The summed E-state index contributed by atoms with van der Waals surface area (Å²) in [6.07, 6.45) is 1.00. The second kappa shape index (κ2) is 11.9. The van der Waals surface area contributed by atoms with Gasteiger partial charge in [-0.1, -0.05) is 97.9 Å². The van der Waals surface area contributed by atoms with Gasteiger partial charge in [0, 0.05) is 52.0 Å². The summed E-state index contributed by atoms with van der Waals surface area (Å²) in [6, 6.07) is 54.1. The van der Waals surface area contributed by atoms with Crippen LogP contribution in [0.5, 0.6) is 0 Å². The highest BCUT2D eigenvalue weighted by Crippen LogP contribution is 2.46. The van der Waals surface area contributed by atoms with Crippen molar-refractivity contribution in [1.29, 1.82) is 0 Å². The lowest BCUT2D eigenvalue weighted by Crippen LogP contribution is -2.11. The Bertz CT molecular complexity index is 2370. The molecule has 0 N–H and O–H groups in total. The smallest absolute Gasteiger partial charge is 0.138 e. The number of hydrogen-bond donors (Lipinski definition) is 0. The molecule has 7 aromatic carbocycles. The van der Waals surface area contributed by atoms with E-state index in [1.165, 1.54) is 33.0 Å². The molecule has 0 bridgehead atoms. The summed E-state index contributed by atoms with van der Waals surface area (Å²) < 4.78 is 6.64. The molecule has 0 saturated carbocycles. The summed E-state index contributed by atoms with van der Waals surface area (Å²) in [5.41, 5.74) is 12.5. The van der Waals surface area contributed by atoms with Crippen molar-refractivity contribution in [2.75, 3.05) is 16.8 Å². The van der Waals surface area contributed by atoms with E-state index in [-0.39, 0.29) is 0 Å². The lowest BCUT2D eigenvalue weighted by atomic mass is 9.94. The molecule has 0 aliphatic rings. The minimum absolute atomic E-state index is 0.874. The molecule has 47 heavy (non-hydrogen) atoms. The minimum atomic E-state index is 0.874. The van der Waals surface area contributed by atoms with E-state index in [2.05, 4.69) is 176 Å². The highest BCUT2D eigenvalue weighted by molar-refractivity contribution is 6.23. The number of aryl methyl sites for hydroxylation is 2. The van der Waals surface area contributed by atoms with Gasteiger partial charge in [0.1, 0.15) is 11.2 Å². The van der Waals surface area contributed by atoms with Crippen LogP contribution in [0, 0.1) is 6.92 Å². The first-order chi connectivity index (χ1) is 23.1. The first-order valence-corrected chi connectivity index (χ1v) is 16.3. The molecule has 0 spiro atoms. The molecule has 0 aliphatic carbocycles. The highest BCUT2D eigenvalue weighted by atomic mass is 16.3. The molecule has 0 unspecified atom stereocenters. The van der Waals surface area contributed by atoms with Crippen molar-refractivity contribution >= 4 is 61.1 Å². The number of furan rings is 1. The topological polar surface area (TPSA) is 19.6 Å². The lowest BCUT2D eigenvalue weighted by molar-refractivity contribution is 0.669. The fourth-order valence-electron chi connectivity index (χ4n) is 6.99. The van der Waals surface area contributed by atoms with Gasteiger partial charge in [-0.2, -0.15) is 0 Å². The van der Waals surface area contributed by atoms with Gasteiger partial charge in [0.15, 0.2) is 0 Å². The van der Waals surface area contributed by atoms with Gasteiger partial charge < -0.3 is 14.2 Å². The zero-order valence-electron chi connectivity index (χ0n) is 26.9. The highest BCUT2D eigenvalue weighted by Gasteiger charge is 2.21. The third-order valence-electron chi connectivity index (χ3n) is 9.38. The van der Waals surface area contributed by atoms with Gasteiger partial charge in [0.05, 0.1) is 5.69 Å². The summed E-state index contributed by atoms with van der Waals surface area (Å²) in [4.78, 5) is 4.59. The zero-order valence-corrected chi connectivity index (χ0v) is 26.9. The summed E-state index contributed by atoms with van der Waals surface area (Å²) in [7, 11) is 2.11. The van der Waals surface area contributed by atoms with Crippen molar-refractivity contribution in [2.45, 2.75) is 20.3 Å². The van der Waals surface area contributed by atoms with Crippen LogP contribution in [0.1, 0.15) is 18.1 Å². The predicted molar refractivity (Wildman–Crippen MR) is 200 cm³/mol. The molecule has 3 nitrogen and oxygen atoms in total. The van der Waals surface area contributed by atoms with E-state index in [0.717, 1.165) is 56.8 Å². The van der Waals surface area contributed by atoms with Crippen LogP contribution in [-0.2, 0) is 6.42 Å². The molecule has 0 atom stereocenters. The molecule has 0 aliphatic heterocycles. The van der Waals surface area contributed by atoms with Crippen LogP contribution in [0.25, 0.3) is 43.8 Å². The molecule has 0 saturated heterocycles. The number of fused-ring (bicyclic) bond motifs is 5. The summed E-state index contributed by atoms with van der Waals surface area (Å²) in [5.74, 6) is 0. The molecule has 8 rings (SSSR count). The van der Waals surface area contributed by atoms with Gasteiger partial charge in [-0.15, -0.1) is 0 Å². The van der Waals surface area contributed by atoms with Crippen LogP contribution in [0.4, 0.5) is 28.4 Å². The van der Waals surface area contributed by atoms with Crippen molar-refractivity contribution in [1.82, 2.24) is 0 Å². The molecule has 8 aromatic rings. The third-order valence-corrected chi connectivity index (χ3v) is 9.38. The number of para-hydroxylation sites is 2. The van der Waals surface area contributed by atoms with Gasteiger partial charge in [-0.3, -0.25) is 0 Å². The van der Waals surface area contributed by atoms with E-state index in [4.69, 9.17) is 4.42 Å². The quantitative estimate of drug-likeness (QED) is 0.179. The van der Waals surface area contributed by atoms with E-state index in [1.54, 1.807) is 0 Å². The molecule has 228 valence electrons. The molecule has 0 amide bonds. The normalized spacial score (nSPS) is 11.4. The zero-order chi connectivity index (χ0) is 31.9. The van der Waals surface area contributed by atoms with Gasteiger partial charge >= 0.3 is 0 Å². The van der Waals surface area contributed by atoms with Gasteiger partial charge in [0.2, 0.25) is 0 Å². The Morgan fingerprint density at radius 1 is 0.511 bits per heavy atom. The first kappa shape index (κ1) is 28.7. The minimum Gasteiger partial charge on any atom is -0.456 e. The van der Waals surface area contributed by atoms with Gasteiger partial charge in [0.25, 0.3) is 0 Å². The second-order valence-electron chi connectivity index (χ2n) is 12.2. The van der Waals surface area contributed by atoms with Crippen molar-refractivity contribution in [3.63, 3.8) is 0 Å². The Morgan fingerprint density at radius 3 is 1.91 bits per heavy atom. The number of hydrogen-bond acceptors (Lipinski definition) is 3. The monoisotopic (exact) mass is 608 g/mol. The molecule has 0 radical (unpaired) electrons. The van der Waals surface area contributed by atoms with Crippen LogP contribution in [0.15, 0.2) is 156 Å². The van der Waals surface area contributed by atoms with E-state index in [1.807, 2.05) is 6.07 Å². The van der Waals surface area contributed by atoms with Crippen LogP contribution in [0.2, 0.25) is 0 Å². The Morgan fingerprint density at radius 2 is 1.17 bits per heavy atom. The summed E-state index contributed by atoms with van der Waals surface area (Å²) >= 11 is 0. The maximum Gasteiger partial charge on any atom is 0.138 e. The fraction of sp³-hybridized carbons (Fsp3) is 0.0909. The number of benzene rings is 7. The number of rotatable bonds is 7. The van der Waals surface area contributed by atoms with E-state index >= 15 is 0 Å². The average Bonchev–Trinajstić information content (AvgIpc) is 3.50. The number of nitrogens with zero attached hydrogens (tertiary/aromatic N) is 2. The Kier molecular flexibility index (Phi) is 7.23. The van der Waals surface area contributed by atoms with Gasteiger partial charge in [-0.05, 0) is 95.6 Å². The fourth-order valence-corrected chi connectivity index (χ4v) is 6.99. The Labute approximate surface area is 275 Å². The van der Waals surface area contributed by atoms with Gasteiger partial charge in [-0.25, -0.2) is 0 Å². The van der Waals surface area contributed by atoms with Crippen molar-refractivity contribution in [3.8, 4) is 11.1 Å². The average molecular weight is 609 g/mol. The predicted octanol–water partition coefficient (Wildman–Crippen LogP) is 12.5. The lowest BCUT2D eigenvalue weighted by Gasteiger charge is -2.28. The second-order valence-corrected chi connectivity index (χ2v) is 12.2.